The molecular formula is C22H20ClN3O4S. The van der Waals surface area contributed by atoms with E-state index in [0.29, 0.717) is 27.9 Å². The van der Waals surface area contributed by atoms with Gasteiger partial charge >= 0.3 is 0 Å². The van der Waals surface area contributed by atoms with Crippen molar-refractivity contribution in [3.8, 4) is 11.5 Å². The molecule has 160 valence electrons. The molecule has 0 fully saturated rings. The molecule has 3 aromatic rings. The number of carbonyl (C=O) groups excluding carboxylic acids is 1. The first kappa shape index (κ1) is 21.1. The number of nitrogens with zero attached hydrogens (tertiary/aromatic N) is 1. The van der Waals surface area contributed by atoms with E-state index >= 15 is 0 Å². The van der Waals surface area contributed by atoms with Gasteiger partial charge in [-0.15, -0.1) is 0 Å². The first-order valence-corrected chi connectivity index (χ1v) is 10.3. The summed E-state index contributed by atoms with van der Waals surface area (Å²) in [7, 11) is 3.24. The summed E-state index contributed by atoms with van der Waals surface area (Å²) in [4.78, 5) is 27.7. The first-order valence-electron chi connectivity index (χ1n) is 9.56. The molecule has 31 heavy (non-hydrogen) atoms. The van der Waals surface area contributed by atoms with E-state index in [9.17, 15) is 9.59 Å². The average Bonchev–Trinajstić information content (AvgIpc) is 2.76. The molecule has 1 atom stereocenters. The van der Waals surface area contributed by atoms with Crippen LogP contribution >= 0.6 is 23.8 Å². The van der Waals surface area contributed by atoms with Gasteiger partial charge in [-0.2, -0.15) is 0 Å². The molecule has 0 spiro atoms. The lowest BCUT2D eigenvalue weighted by Gasteiger charge is -2.27. The van der Waals surface area contributed by atoms with Crippen LogP contribution in [0.2, 0.25) is 5.02 Å². The molecule has 0 aliphatic carbocycles. The number of fused-ring (bicyclic) bond motifs is 1. The van der Waals surface area contributed by atoms with E-state index in [0.717, 1.165) is 11.1 Å². The van der Waals surface area contributed by atoms with Crippen molar-refractivity contribution in [1.29, 1.82) is 0 Å². The van der Waals surface area contributed by atoms with E-state index in [2.05, 4.69) is 10.3 Å². The van der Waals surface area contributed by atoms with Crippen LogP contribution in [0, 0.1) is 4.77 Å². The summed E-state index contributed by atoms with van der Waals surface area (Å²) in [5.41, 5.74) is 1.76. The Hall–Kier alpha value is -3.10. The van der Waals surface area contributed by atoms with Crippen molar-refractivity contribution in [1.82, 2.24) is 9.55 Å². The number of aromatic amines is 1. The highest BCUT2D eigenvalue weighted by molar-refractivity contribution is 7.71. The molecule has 2 N–H and O–H groups in total. The van der Waals surface area contributed by atoms with Crippen molar-refractivity contribution >= 4 is 35.5 Å². The fourth-order valence-corrected chi connectivity index (χ4v) is 4.03. The Morgan fingerprint density at radius 3 is 2.71 bits per heavy atom. The average molecular weight is 458 g/mol. The van der Waals surface area contributed by atoms with Crippen molar-refractivity contribution in [3.63, 3.8) is 0 Å². The lowest BCUT2D eigenvalue weighted by molar-refractivity contribution is -0.116. The predicted molar refractivity (Wildman–Crippen MR) is 121 cm³/mol. The van der Waals surface area contributed by atoms with Gasteiger partial charge in [-0.3, -0.25) is 14.6 Å². The zero-order valence-electron chi connectivity index (χ0n) is 16.9. The van der Waals surface area contributed by atoms with Crippen LogP contribution in [-0.2, 0) is 18.4 Å². The molecule has 2 heterocycles. The molecule has 2 aromatic carbocycles. The van der Waals surface area contributed by atoms with Crippen molar-refractivity contribution in [3.05, 3.63) is 79.3 Å². The van der Waals surface area contributed by atoms with Gasteiger partial charge in [-0.25, -0.2) is 0 Å². The summed E-state index contributed by atoms with van der Waals surface area (Å²) < 4.78 is 13.3. The molecule has 0 radical (unpaired) electrons. The fraction of sp³-hybridized carbons (Fsp3) is 0.227. The molecular weight excluding hydrogens is 438 g/mol. The molecule has 1 aliphatic rings. The summed E-state index contributed by atoms with van der Waals surface area (Å²) in [5.74, 6) is 0.810. The van der Waals surface area contributed by atoms with E-state index in [-0.39, 0.29) is 29.3 Å². The molecule has 4 rings (SSSR count). The number of amides is 1. The number of halogens is 1. The number of H-pyrrole nitrogens is 1. The third kappa shape index (κ3) is 4.08. The van der Waals surface area contributed by atoms with Crippen LogP contribution in [0.1, 0.15) is 29.0 Å². The number of carbonyl (C=O) groups is 1. The van der Waals surface area contributed by atoms with Gasteiger partial charge in [-0.1, -0.05) is 35.9 Å². The molecule has 1 aliphatic heterocycles. The van der Waals surface area contributed by atoms with Crippen molar-refractivity contribution < 1.29 is 14.3 Å². The maximum Gasteiger partial charge on any atom is 0.257 e. The Morgan fingerprint density at radius 2 is 1.97 bits per heavy atom. The fourth-order valence-electron chi connectivity index (χ4n) is 3.66. The normalized spacial score (nSPS) is 15.2. The van der Waals surface area contributed by atoms with Gasteiger partial charge < -0.3 is 19.4 Å². The Balaban J connectivity index is 1.70. The molecule has 0 bridgehead atoms. The van der Waals surface area contributed by atoms with Crippen LogP contribution in [0.25, 0.3) is 0 Å². The second-order valence-corrected chi connectivity index (χ2v) is 7.97. The van der Waals surface area contributed by atoms with Gasteiger partial charge in [0.25, 0.3) is 5.56 Å². The van der Waals surface area contributed by atoms with E-state index in [1.54, 1.807) is 36.9 Å². The first-order chi connectivity index (χ1) is 14.9. The highest BCUT2D eigenvalue weighted by Crippen LogP contribution is 2.38. The van der Waals surface area contributed by atoms with Crippen LogP contribution in [0.3, 0.4) is 0 Å². The van der Waals surface area contributed by atoms with Gasteiger partial charge in [0.15, 0.2) is 16.3 Å². The summed E-state index contributed by atoms with van der Waals surface area (Å²) in [6, 6.07) is 12.8. The summed E-state index contributed by atoms with van der Waals surface area (Å²) >= 11 is 11.4. The minimum atomic E-state index is -0.444. The van der Waals surface area contributed by atoms with Crippen LogP contribution in [0.5, 0.6) is 11.5 Å². The molecule has 1 aromatic heterocycles. The quantitative estimate of drug-likeness (QED) is 0.562. The summed E-state index contributed by atoms with van der Waals surface area (Å²) in [6.07, 6.45) is 0.135. The second-order valence-electron chi connectivity index (χ2n) is 7.18. The van der Waals surface area contributed by atoms with Gasteiger partial charge in [0.05, 0.1) is 12.7 Å². The van der Waals surface area contributed by atoms with Crippen LogP contribution in [-0.4, -0.2) is 22.6 Å². The SMILES string of the molecule is COc1cc(C2CC(=O)Nc3c2c(=O)[nH]c(=S)n3C)ccc1OCc1ccccc1Cl. The van der Waals surface area contributed by atoms with Gasteiger partial charge in [0.2, 0.25) is 5.91 Å². The molecule has 1 unspecified atom stereocenters. The van der Waals surface area contributed by atoms with Crippen LogP contribution in [0.4, 0.5) is 5.82 Å². The standard InChI is InChI=1S/C22H20ClN3O4S/c1-26-20-19(21(28)25-22(26)31)14(10-18(27)24-20)12-7-8-16(17(9-12)29-2)30-11-13-5-3-4-6-15(13)23/h3-9,14H,10-11H2,1-2H3,(H,24,27)(H,25,28,31). The van der Waals surface area contributed by atoms with E-state index in [4.69, 9.17) is 33.3 Å². The number of methoxy groups -OCH3 is 1. The Kier molecular flexibility index (Phi) is 5.84. The van der Waals surface area contributed by atoms with Crippen molar-refractivity contribution in [2.24, 2.45) is 7.05 Å². The molecule has 9 heteroatoms. The number of hydrogen-bond donors (Lipinski definition) is 2. The van der Waals surface area contributed by atoms with Crippen LogP contribution < -0.4 is 20.3 Å². The Morgan fingerprint density at radius 1 is 1.19 bits per heavy atom. The van der Waals surface area contributed by atoms with E-state index < -0.39 is 5.92 Å². The van der Waals surface area contributed by atoms with Gasteiger partial charge in [-0.05, 0) is 36.0 Å². The number of hydrogen-bond acceptors (Lipinski definition) is 5. The number of nitrogens with one attached hydrogen (secondary N) is 2. The van der Waals surface area contributed by atoms with Crippen molar-refractivity contribution in [2.75, 3.05) is 12.4 Å². The predicted octanol–water partition coefficient (Wildman–Crippen LogP) is 4.16. The molecule has 0 saturated heterocycles. The number of rotatable bonds is 5. The summed E-state index contributed by atoms with van der Waals surface area (Å²) in [5, 5.41) is 3.38. The highest BCUT2D eigenvalue weighted by atomic mass is 35.5. The molecule has 0 saturated carbocycles. The number of ether oxygens (including phenoxy) is 2. The molecule has 1 amide bonds. The minimum absolute atomic E-state index is 0.135. The molecule has 7 nitrogen and oxygen atoms in total. The topological polar surface area (TPSA) is 85.4 Å². The Bertz CT molecular complexity index is 1280. The third-order valence-electron chi connectivity index (χ3n) is 5.29. The Labute approximate surface area is 188 Å². The van der Waals surface area contributed by atoms with Crippen molar-refractivity contribution in [2.45, 2.75) is 18.9 Å². The van der Waals surface area contributed by atoms with E-state index in [1.807, 2.05) is 24.3 Å². The number of aromatic nitrogens is 2. The van der Waals surface area contributed by atoms with Gasteiger partial charge in [0.1, 0.15) is 12.4 Å². The number of benzene rings is 2. The zero-order valence-corrected chi connectivity index (χ0v) is 18.5. The monoisotopic (exact) mass is 457 g/mol. The zero-order chi connectivity index (χ0) is 22.1. The third-order valence-corrected chi connectivity index (χ3v) is 6.03. The minimum Gasteiger partial charge on any atom is -0.493 e. The van der Waals surface area contributed by atoms with Crippen LogP contribution in [0.15, 0.2) is 47.3 Å². The maximum atomic E-state index is 12.7. The lowest BCUT2D eigenvalue weighted by atomic mass is 9.86. The maximum absolute atomic E-state index is 12.7. The number of anilines is 1. The van der Waals surface area contributed by atoms with Gasteiger partial charge in [0, 0.05) is 30.0 Å². The highest BCUT2D eigenvalue weighted by Gasteiger charge is 2.31. The van der Waals surface area contributed by atoms with E-state index in [1.165, 1.54) is 0 Å². The second kappa shape index (κ2) is 8.56. The lowest BCUT2D eigenvalue weighted by Crippen LogP contribution is -2.33. The summed E-state index contributed by atoms with van der Waals surface area (Å²) in [6.45, 7) is 0.279. The smallest absolute Gasteiger partial charge is 0.257 e. The largest absolute Gasteiger partial charge is 0.493 e.